The number of amides is 2. The van der Waals surface area contributed by atoms with Gasteiger partial charge in [-0.25, -0.2) is 0 Å². The fourth-order valence-electron chi connectivity index (χ4n) is 2.45. The van der Waals surface area contributed by atoms with Crippen molar-refractivity contribution in [1.29, 1.82) is 0 Å². The average molecular weight is 392 g/mol. The van der Waals surface area contributed by atoms with Crippen LogP contribution in [0.1, 0.15) is 5.56 Å². The molecule has 1 aromatic rings. The number of hydrogen-bond acceptors (Lipinski definition) is 8. The maximum atomic E-state index is 12.2. The summed E-state index contributed by atoms with van der Waals surface area (Å²) in [7, 11) is 1.53. The summed E-state index contributed by atoms with van der Waals surface area (Å²) >= 11 is 1.30. The van der Waals surface area contributed by atoms with E-state index in [1.54, 1.807) is 29.3 Å². The molecule has 1 N–H and O–H groups in total. The molecule has 1 aromatic carbocycles. The van der Waals surface area contributed by atoms with Crippen LogP contribution in [0.3, 0.4) is 0 Å². The molecular weight excluding hydrogens is 372 g/mol. The average Bonchev–Trinajstić information content (AvgIpc) is 3.12. The van der Waals surface area contributed by atoms with Crippen LogP contribution in [0.15, 0.2) is 28.4 Å². The van der Waals surface area contributed by atoms with Crippen LogP contribution in [-0.4, -0.2) is 73.9 Å². The first-order chi connectivity index (χ1) is 13.2. The van der Waals surface area contributed by atoms with E-state index >= 15 is 0 Å². The van der Waals surface area contributed by atoms with E-state index in [2.05, 4.69) is 15.5 Å². The maximum absolute atomic E-state index is 12.2. The van der Waals surface area contributed by atoms with Gasteiger partial charge in [-0.05, 0) is 23.8 Å². The fraction of sp³-hybridized carbons (Fsp3) is 0.412. The number of nitrogens with zero attached hydrogens (tertiary/aromatic N) is 3. The minimum Gasteiger partial charge on any atom is -0.493 e. The molecule has 0 unspecified atom stereocenters. The zero-order chi connectivity index (χ0) is 19.1. The number of carbonyl (C=O) groups is 2. The zero-order valence-electron chi connectivity index (χ0n) is 14.8. The molecule has 2 aliphatic heterocycles. The molecule has 2 saturated heterocycles. The predicted octanol–water partition coefficient (Wildman–Crippen LogP) is 0.486. The van der Waals surface area contributed by atoms with Gasteiger partial charge >= 0.3 is 0 Å². The molecular formula is C17H20N4O5S. The zero-order valence-corrected chi connectivity index (χ0v) is 15.7. The van der Waals surface area contributed by atoms with Gasteiger partial charge < -0.3 is 24.4 Å². The molecule has 0 radical (unpaired) electrons. The Labute approximate surface area is 160 Å². The van der Waals surface area contributed by atoms with Crippen molar-refractivity contribution in [1.82, 2.24) is 10.2 Å². The molecule has 2 aliphatic rings. The third kappa shape index (κ3) is 5.44. The Bertz CT molecular complexity index is 762. The quantitative estimate of drug-likeness (QED) is 0.558. The Hall–Kier alpha value is -2.59. The molecule has 2 heterocycles. The lowest BCUT2D eigenvalue weighted by Gasteiger charge is -2.26. The van der Waals surface area contributed by atoms with Crippen LogP contribution in [-0.2, 0) is 14.3 Å². The third-order valence-corrected chi connectivity index (χ3v) is 4.71. The summed E-state index contributed by atoms with van der Waals surface area (Å²) < 4.78 is 16.2. The molecule has 10 heteroatoms. The van der Waals surface area contributed by atoms with Crippen LogP contribution >= 0.6 is 11.8 Å². The number of thioether (sulfide) groups is 1. The van der Waals surface area contributed by atoms with Crippen LogP contribution in [0, 0.1) is 0 Å². The summed E-state index contributed by atoms with van der Waals surface area (Å²) in [5.74, 6) is 1.16. The summed E-state index contributed by atoms with van der Waals surface area (Å²) in [6.45, 7) is 2.20. The molecule has 27 heavy (non-hydrogen) atoms. The number of ether oxygens (including phenoxy) is 3. The Morgan fingerprint density at radius 3 is 2.89 bits per heavy atom. The number of amidine groups is 1. The molecule has 2 amide bonds. The normalized spacial score (nSPS) is 18.8. The topological polar surface area (TPSA) is 102 Å². The van der Waals surface area contributed by atoms with Crippen LogP contribution in [0.4, 0.5) is 0 Å². The van der Waals surface area contributed by atoms with E-state index in [1.807, 2.05) is 0 Å². The highest BCUT2D eigenvalue weighted by molar-refractivity contribution is 8.15. The second-order valence-electron chi connectivity index (χ2n) is 5.68. The predicted molar refractivity (Wildman–Crippen MR) is 102 cm³/mol. The number of methoxy groups -OCH3 is 1. The van der Waals surface area contributed by atoms with Crippen LogP contribution < -0.4 is 14.8 Å². The van der Waals surface area contributed by atoms with Crippen molar-refractivity contribution in [3.63, 3.8) is 0 Å². The molecule has 3 rings (SSSR count). The summed E-state index contributed by atoms with van der Waals surface area (Å²) in [4.78, 5) is 25.0. The number of morpholine rings is 1. The van der Waals surface area contributed by atoms with E-state index in [-0.39, 0.29) is 18.4 Å². The van der Waals surface area contributed by atoms with Gasteiger partial charge in [0.05, 0.1) is 32.3 Å². The SMILES string of the molecule is COc1cc(C=NN=C2NC(=O)CS2)ccc1OCC(=O)N1CCOCC1. The highest BCUT2D eigenvalue weighted by Crippen LogP contribution is 2.27. The molecule has 0 bridgehead atoms. The molecule has 0 saturated carbocycles. The van der Waals surface area contributed by atoms with E-state index in [9.17, 15) is 9.59 Å². The minimum absolute atomic E-state index is 0.0611. The first-order valence-corrected chi connectivity index (χ1v) is 9.34. The maximum Gasteiger partial charge on any atom is 0.260 e. The van der Waals surface area contributed by atoms with Crippen molar-refractivity contribution in [2.24, 2.45) is 10.2 Å². The molecule has 2 fully saturated rings. The van der Waals surface area contributed by atoms with Crippen molar-refractivity contribution >= 4 is 35.0 Å². The van der Waals surface area contributed by atoms with Crippen molar-refractivity contribution < 1.29 is 23.8 Å². The van der Waals surface area contributed by atoms with Crippen LogP contribution in [0.2, 0.25) is 0 Å². The standard InChI is InChI=1S/C17H20N4O5S/c1-24-14-8-12(9-18-20-17-19-15(22)11-27-17)2-3-13(14)26-10-16(23)21-4-6-25-7-5-21/h2-3,8-9H,4-7,10-11H2,1H3,(H,19,20,22). The van der Waals surface area contributed by atoms with Crippen LogP contribution in [0.25, 0.3) is 0 Å². The van der Waals surface area contributed by atoms with Crippen LogP contribution in [0.5, 0.6) is 11.5 Å². The number of carbonyl (C=O) groups excluding carboxylic acids is 2. The fourth-order valence-corrected chi connectivity index (χ4v) is 3.09. The van der Waals surface area contributed by atoms with E-state index < -0.39 is 0 Å². The Morgan fingerprint density at radius 2 is 2.19 bits per heavy atom. The molecule has 9 nitrogen and oxygen atoms in total. The molecule has 0 aliphatic carbocycles. The minimum atomic E-state index is -0.0853. The first kappa shape index (κ1) is 19.2. The van der Waals surface area contributed by atoms with Gasteiger partial charge in [-0.3, -0.25) is 9.59 Å². The van der Waals surface area contributed by atoms with E-state index in [0.29, 0.717) is 48.7 Å². The number of hydrogen-bond donors (Lipinski definition) is 1. The van der Waals surface area contributed by atoms with Gasteiger partial charge in [0.25, 0.3) is 5.91 Å². The lowest BCUT2D eigenvalue weighted by Crippen LogP contribution is -2.43. The van der Waals surface area contributed by atoms with Gasteiger partial charge in [0.15, 0.2) is 23.3 Å². The lowest BCUT2D eigenvalue weighted by atomic mass is 10.2. The molecule has 144 valence electrons. The van der Waals surface area contributed by atoms with Gasteiger partial charge in [0, 0.05) is 13.1 Å². The van der Waals surface area contributed by atoms with Crippen molar-refractivity contribution in [3.05, 3.63) is 23.8 Å². The number of nitrogens with one attached hydrogen (secondary N) is 1. The number of benzene rings is 1. The van der Waals surface area contributed by atoms with Crippen molar-refractivity contribution in [2.45, 2.75) is 0 Å². The highest BCUT2D eigenvalue weighted by atomic mass is 32.2. The molecule has 0 spiro atoms. The Balaban J connectivity index is 1.58. The summed E-state index contributed by atoms with van der Waals surface area (Å²) in [5.41, 5.74) is 0.748. The Morgan fingerprint density at radius 1 is 1.37 bits per heavy atom. The molecule has 0 atom stereocenters. The smallest absolute Gasteiger partial charge is 0.260 e. The largest absolute Gasteiger partial charge is 0.493 e. The number of rotatable bonds is 6. The van der Waals surface area contributed by atoms with Crippen molar-refractivity contribution in [2.75, 3.05) is 45.8 Å². The van der Waals surface area contributed by atoms with Gasteiger partial charge in [-0.2, -0.15) is 5.10 Å². The second kappa shape index (κ2) is 9.38. The molecule has 0 aromatic heterocycles. The van der Waals surface area contributed by atoms with Crippen molar-refractivity contribution in [3.8, 4) is 11.5 Å². The first-order valence-electron chi connectivity index (χ1n) is 8.36. The van der Waals surface area contributed by atoms with E-state index in [1.165, 1.54) is 18.9 Å². The second-order valence-corrected chi connectivity index (χ2v) is 6.64. The van der Waals surface area contributed by atoms with Gasteiger partial charge in [-0.15, -0.1) is 5.10 Å². The summed E-state index contributed by atoms with van der Waals surface area (Å²) in [6, 6.07) is 5.23. The van der Waals surface area contributed by atoms with Gasteiger partial charge in [0.2, 0.25) is 5.91 Å². The van der Waals surface area contributed by atoms with E-state index in [4.69, 9.17) is 14.2 Å². The summed E-state index contributed by atoms with van der Waals surface area (Å²) in [6.07, 6.45) is 1.54. The van der Waals surface area contributed by atoms with E-state index in [0.717, 1.165) is 5.56 Å². The third-order valence-electron chi connectivity index (χ3n) is 3.84. The lowest BCUT2D eigenvalue weighted by molar-refractivity contribution is -0.137. The van der Waals surface area contributed by atoms with Gasteiger partial charge in [0.1, 0.15) is 0 Å². The van der Waals surface area contributed by atoms with Gasteiger partial charge in [-0.1, -0.05) is 11.8 Å². The highest BCUT2D eigenvalue weighted by Gasteiger charge is 2.18. The Kier molecular flexibility index (Phi) is 6.66. The summed E-state index contributed by atoms with van der Waals surface area (Å²) in [5, 5.41) is 11.0. The monoisotopic (exact) mass is 392 g/mol.